The summed E-state index contributed by atoms with van der Waals surface area (Å²) in [6.07, 6.45) is 0.537. The van der Waals surface area contributed by atoms with Crippen LogP contribution in [-0.4, -0.2) is 35.1 Å². The fourth-order valence-corrected chi connectivity index (χ4v) is 4.16. The van der Waals surface area contributed by atoms with E-state index in [1.807, 2.05) is 37.3 Å². The van der Waals surface area contributed by atoms with Gasteiger partial charge in [0.2, 0.25) is 17.7 Å². The second kappa shape index (κ2) is 8.34. The van der Waals surface area contributed by atoms with Gasteiger partial charge in [0.15, 0.2) is 0 Å². The predicted molar refractivity (Wildman–Crippen MR) is 113 cm³/mol. The Balaban J connectivity index is 1.43. The quantitative estimate of drug-likeness (QED) is 0.421. The highest BCUT2D eigenvalue weighted by atomic mass is 16.5. The van der Waals surface area contributed by atoms with E-state index in [9.17, 15) is 19.2 Å². The topological polar surface area (TPSA) is 84.0 Å². The summed E-state index contributed by atoms with van der Waals surface area (Å²) in [6, 6.07) is 14.4. The molecule has 4 rings (SSSR count). The van der Waals surface area contributed by atoms with Gasteiger partial charge in [0.1, 0.15) is 5.75 Å². The van der Waals surface area contributed by atoms with Crippen molar-refractivity contribution in [2.24, 2.45) is 5.92 Å². The Labute approximate surface area is 180 Å². The molecule has 2 fully saturated rings. The highest BCUT2D eigenvalue weighted by Crippen LogP contribution is 2.31. The molecule has 0 radical (unpaired) electrons. The number of nitrogens with zero attached hydrogens (tertiary/aromatic N) is 2. The van der Waals surface area contributed by atoms with Crippen molar-refractivity contribution in [1.29, 1.82) is 0 Å². The van der Waals surface area contributed by atoms with E-state index < -0.39 is 11.9 Å². The lowest BCUT2D eigenvalue weighted by atomic mass is 10.1. The number of imide groups is 1. The molecule has 0 bridgehead atoms. The zero-order valence-electron chi connectivity index (χ0n) is 17.5. The van der Waals surface area contributed by atoms with Crippen LogP contribution in [0.3, 0.4) is 0 Å². The number of hydrogen-bond donors (Lipinski definition) is 0. The Kier molecular flexibility index (Phi) is 5.59. The summed E-state index contributed by atoms with van der Waals surface area (Å²) in [5.41, 5.74) is 2.18. The maximum Gasteiger partial charge on any atom is 0.316 e. The minimum Gasteiger partial charge on any atom is -0.426 e. The molecular weight excluding hydrogens is 396 g/mol. The summed E-state index contributed by atoms with van der Waals surface area (Å²) < 4.78 is 5.53. The molecule has 31 heavy (non-hydrogen) atoms. The summed E-state index contributed by atoms with van der Waals surface area (Å²) in [7, 11) is 0. The van der Waals surface area contributed by atoms with E-state index in [-0.39, 0.29) is 43.0 Å². The molecule has 2 aromatic rings. The van der Waals surface area contributed by atoms with Crippen LogP contribution in [0.5, 0.6) is 5.75 Å². The number of carbonyl (C=O) groups excluding carboxylic acids is 4. The first-order chi connectivity index (χ1) is 14.8. The number of likely N-dealkylation sites (tertiary alicyclic amines) is 1. The van der Waals surface area contributed by atoms with Gasteiger partial charge < -0.3 is 9.64 Å². The number of benzene rings is 2. The highest BCUT2D eigenvalue weighted by Gasteiger charge is 2.38. The number of anilines is 1. The van der Waals surface area contributed by atoms with Crippen LogP contribution in [0.25, 0.3) is 0 Å². The zero-order chi connectivity index (χ0) is 22.1. The number of carbonyl (C=O) groups is 4. The average molecular weight is 420 g/mol. The van der Waals surface area contributed by atoms with Crippen molar-refractivity contribution < 1.29 is 23.9 Å². The van der Waals surface area contributed by atoms with Crippen LogP contribution in [0.1, 0.15) is 43.4 Å². The van der Waals surface area contributed by atoms with Crippen molar-refractivity contribution in [1.82, 2.24) is 4.90 Å². The summed E-state index contributed by atoms with van der Waals surface area (Å²) in [5.74, 6) is -1.20. The Morgan fingerprint density at radius 2 is 1.68 bits per heavy atom. The molecule has 0 unspecified atom stereocenters. The molecule has 2 aromatic carbocycles. The van der Waals surface area contributed by atoms with Crippen LogP contribution in [0.15, 0.2) is 48.5 Å². The predicted octanol–water partition coefficient (Wildman–Crippen LogP) is 3.16. The molecular formula is C24H24N2O5. The fourth-order valence-electron chi connectivity index (χ4n) is 4.16. The molecule has 160 valence electrons. The molecule has 7 heteroatoms. The number of rotatable bonds is 5. The lowest BCUT2D eigenvalue weighted by Gasteiger charge is -2.25. The summed E-state index contributed by atoms with van der Waals surface area (Å²) in [5, 5.41) is 0. The van der Waals surface area contributed by atoms with Crippen molar-refractivity contribution in [3.8, 4) is 5.75 Å². The van der Waals surface area contributed by atoms with Crippen molar-refractivity contribution in [3.05, 3.63) is 59.7 Å². The molecule has 3 amide bonds. The third kappa shape index (κ3) is 4.08. The van der Waals surface area contributed by atoms with Gasteiger partial charge in [0.25, 0.3) is 0 Å². The van der Waals surface area contributed by atoms with Gasteiger partial charge in [-0.25, -0.2) is 0 Å². The van der Waals surface area contributed by atoms with Crippen molar-refractivity contribution in [2.75, 3.05) is 11.4 Å². The van der Waals surface area contributed by atoms with E-state index >= 15 is 0 Å². The lowest BCUT2D eigenvalue weighted by Crippen LogP contribution is -2.30. The summed E-state index contributed by atoms with van der Waals surface area (Å²) in [6.45, 7) is 4.01. The largest absolute Gasteiger partial charge is 0.426 e. The highest BCUT2D eigenvalue weighted by molar-refractivity contribution is 6.20. The van der Waals surface area contributed by atoms with E-state index in [2.05, 4.69) is 0 Å². The molecule has 2 heterocycles. The Bertz CT molecular complexity index is 1030. The van der Waals surface area contributed by atoms with Crippen molar-refractivity contribution >= 4 is 29.4 Å². The Morgan fingerprint density at radius 1 is 1.00 bits per heavy atom. The molecule has 2 saturated heterocycles. The average Bonchev–Trinajstić information content (AvgIpc) is 3.30. The van der Waals surface area contributed by atoms with E-state index in [1.54, 1.807) is 30.0 Å². The first-order valence-corrected chi connectivity index (χ1v) is 10.4. The monoisotopic (exact) mass is 420 g/mol. The van der Waals surface area contributed by atoms with Crippen molar-refractivity contribution in [3.63, 3.8) is 0 Å². The van der Waals surface area contributed by atoms with E-state index in [1.165, 1.54) is 4.90 Å². The lowest BCUT2D eigenvalue weighted by molar-refractivity contribution is -0.139. The maximum absolute atomic E-state index is 12.7. The number of amides is 3. The third-order valence-electron chi connectivity index (χ3n) is 5.92. The third-order valence-corrected chi connectivity index (χ3v) is 5.92. The molecule has 2 aliphatic heterocycles. The van der Waals surface area contributed by atoms with Gasteiger partial charge in [0.05, 0.1) is 17.6 Å². The maximum atomic E-state index is 12.7. The molecule has 0 aromatic heterocycles. The molecule has 0 spiro atoms. The molecule has 2 atom stereocenters. The van der Waals surface area contributed by atoms with Gasteiger partial charge in [-0.2, -0.15) is 0 Å². The second-order valence-corrected chi connectivity index (χ2v) is 8.03. The normalized spacial score (nSPS) is 19.8. The molecule has 0 saturated carbocycles. The van der Waals surface area contributed by atoms with Gasteiger partial charge in [-0.3, -0.25) is 24.1 Å². The van der Waals surface area contributed by atoms with E-state index in [4.69, 9.17) is 4.74 Å². The smallest absolute Gasteiger partial charge is 0.316 e. The first kappa shape index (κ1) is 20.8. The number of esters is 1. The first-order valence-electron chi connectivity index (χ1n) is 10.4. The van der Waals surface area contributed by atoms with Crippen LogP contribution in [0.4, 0.5) is 5.69 Å². The number of ether oxygens (including phenoxy) is 1. The van der Waals surface area contributed by atoms with Crippen LogP contribution in [0, 0.1) is 12.8 Å². The minimum atomic E-state index is -0.541. The minimum absolute atomic E-state index is 0.0733. The van der Waals surface area contributed by atoms with E-state index in [0.29, 0.717) is 23.5 Å². The molecule has 0 N–H and O–H groups in total. The number of hydrogen-bond acceptors (Lipinski definition) is 5. The SMILES string of the molecule is Cc1cc(OC(=O)[C@H]2CC(=O)N([C@@H](C)c3ccccc3)C2)ccc1N1C(=O)CCC1=O. The van der Waals surface area contributed by atoms with Crippen LogP contribution < -0.4 is 9.64 Å². The Morgan fingerprint density at radius 3 is 2.32 bits per heavy atom. The van der Waals surface area contributed by atoms with E-state index in [0.717, 1.165) is 5.56 Å². The van der Waals surface area contributed by atoms with Gasteiger partial charge in [-0.1, -0.05) is 30.3 Å². The van der Waals surface area contributed by atoms with Gasteiger partial charge in [-0.15, -0.1) is 0 Å². The van der Waals surface area contributed by atoms with Gasteiger partial charge in [0, 0.05) is 25.8 Å². The van der Waals surface area contributed by atoms with Crippen LogP contribution in [0.2, 0.25) is 0 Å². The summed E-state index contributed by atoms with van der Waals surface area (Å²) >= 11 is 0. The van der Waals surface area contributed by atoms with Crippen molar-refractivity contribution in [2.45, 2.75) is 39.2 Å². The second-order valence-electron chi connectivity index (χ2n) is 8.03. The van der Waals surface area contributed by atoms with Crippen LogP contribution >= 0.6 is 0 Å². The fraction of sp³-hybridized carbons (Fsp3) is 0.333. The standard InChI is InChI=1S/C24H24N2O5/c1-15-12-19(8-9-20(15)26-21(27)10-11-22(26)28)31-24(30)18-13-23(29)25(14-18)16(2)17-6-4-3-5-7-17/h3-9,12,16,18H,10-11,13-14H2,1-2H3/t16-,18-/m0/s1. The number of aryl methyl sites for hydroxylation is 1. The molecule has 7 nitrogen and oxygen atoms in total. The zero-order valence-corrected chi connectivity index (χ0v) is 17.5. The summed E-state index contributed by atoms with van der Waals surface area (Å²) in [4.78, 5) is 52.1. The van der Waals surface area contributed by atoms with Crippen LogP contribution in [-0.2, 0) is 19.2 Å². The Hall–Kier alpha value is -3.48. The molecule has 2 aliphatic rings. The molecule has 0 aliphatic carbocycles. The van der Waals surface area contributed by atoms with Gasteiger partial charge in [-0.05, 0) is 43.2 Å². The van der Waals surface area contributed by atoms with Gasteiger partial charge >= 0.3 is 5.97 Å².